The summed E-state index contributed by atoms with van der Waals surface area (Å²) >= 11 is 0. The Kier molecular flexibility index (Phi) is 3.07. The lowest BCUT2D eigenvalue weighted by atomic mass is 10.3. The molecule has 0 aliphatic heterocycles. The summed E-state index contributed by atoms with van der Waals surface area (Å²) < 4.78 is 30.7. The summed E-state index contributed by atoms with van der Waals surface area (Å²) in [7, 11) is -3.48. The molecule has 0 N–H and O–H groups in total. The summed E-state index contributed by atoms with van der Waals surface area (Å²) in [5.74, 6) is 0.285. The van der Waals surface area contributed by atoms with E-state index in [0.29, 0.717) is 5.76 Å². The highest BCUT2D eigenvalue weighted by molar-refractivity contribution is 7.85. The van der Waals surface area contributed by atoms with Crippen molar-refractivity contribution in [2.24, 2.45) is 0 Å². The Bertz CT molecular complexity index is 428. The molecule has 1 aromatic heterocycles. The highest BCUT2D eigenvalue weighted by atomic mass is 32.2. The molecule has 0 fully saturated rings. The van der Waals surface area contributed by atoms with Crippen LogP contribution < -0.4 is 0 Å². The number of carbonyl (C=O) groups excluding carboxylic acids is 1. The lowest BCUT2D eigenvalue weighted by Gasteiger charge is -1.96. The van der Waals surface area contributed by atoms with Crippen LogP contribution in [-0.2, 0) is 20.9 Å². The van der Waals surface area contributed by atoms with Crippen molar-refractivity contribution >= 4 is 15.9 Å². The van der Waals surface area contributed by atoms with Gasteiger partial charge in [0.1, 0.15) is 12.4 Å². The van der Waals surface area contributed by atoms with E-state index in [0.717, 1.165) is 6.26 Å². The van der Waals surface area contributed by atoms with Gasteiger partial charge >= 0.3 is 0 Å². The third-order valence-electron chi connectivity index (χ3n) is 1.42. The van der Waals surface area contributed by atoms with E-state index in [1.165, 1.54) is 19.1 Å². The molecule has 6 heteroatoms. The quantitative estimate of drug-likeness (QED) is 0.555. The number of rotatable bonds is 4. The molecule has 0 saturated carbocycles. The van der Waals surface area contributed by atoms with Crippen LogP contribution >= 0.6 is 0 Å². The summed E-state index contributed by atoms with van der Waals surface area (Å²) in [6.45, 7) is 1.17. The molecular formula is C8H10O5S. The van der Waals surface area contributed by atoms with Gasteiger partial charge in [0.25, 0.3) is 10.1 Å². The van der Waals surface area contributed by atoms with Crippen LogP contribution in [-0.4, -0.2) is 20.5 Å². The van der Waals surface area contributed by atoms with Crippen molar-refractivity contribution in [1.82, 2.24) is 0 Å². The minimum absolute atomic E-state index is 0.188. The first-order valence-electron chi connectivity index (χ1n) is 3.82. The fraction of sp³-hybridized carbons (Fsp3) is 0.375. The molecule has 0 radical (unpaired) electrons. The van der Waals surface area contributed by atoms with Crippen LogP contribution in [0.3, 0.4) is 0 Å². The van der Waals surface area contributed by atoms with Gasteiger partial charge in [-0.25, -0.2) is 0 Å². The molecule has 0 amide bonds. The second kappa shape index (κ2) is 3.93. The maximum Gasteiger partial charge on any atom is 0.264 e. The SMILES string of the molecule is CC(=O)c1ccc(COS(C)(=O)=O)o1. The van der Waals surface area contributed by atoms with Gasteiger partial charge in [0, 0.05) is 6.92 Å². The van der Waals surface area contributed by atoms with Crippen LogP contribution in [0.15, 0.2) is 16.5 Å². The van der Waals surface area contributed by atoms with Crippen molar-refractivity contribution in [2.75, 3.05) is 6.26 Å². The molecule has 0 bridgehead atoms. The van der Waals surface area contributed by atoms with E-state index in [4.69, 9.17) is 4.42 Å². The topological polar surface area (TPSA) is 73.6 Å². The summed E-state index contributed by atoms with van der Waals surface area (Å²) in [5, 5.41) is 0. The molecular weight excluding hydrogens is 208 g/mol. The van der Waals surface area contributed by atoms with Gasteiger partial charge in [0.05, 0.1) is 6.26 Å². The number of carbonyl (C=O) groups is 1. The highest BCUT2D eigenvalue weighted by Crippen LogP contribution is 2.10. The smallest absolute Gasteiger partial charge is 0.264 e. The monoisotopic (exact) mass is 218 g/mol. The zero-order valence-corrected chi connectivity index (χ0v) is 8.63. The minimum atomic E-state index is -3.48. The third kappa shape index (κ3) is 3.31. The van der Waals surface area contributed by atoms with Crippen molar-refractivity contribution in [3.8, 4) is 0 Å². The maximum atomic E-state index is 10.8. The first-order chi connectivity index (χ1) is 6.38. The van der Waals surface area contributed by atoms with Gasteiger partial charge in [-0.1, -0.05) is 0 Å². The molecule has 0 unspecified atom stereocenters. The molecule has 5 nitrogen and oxygen atoms in total. The molecule has 0 atom stereocenters. The van der Waals surface area contributed by atoms with Gasteiger partial charge < -0.3 is 4.42 Å². The van der Waals surface area contributed by atoms with Gasteiger partial charge in [0.15, 0.2) is 11.5 Å². The maximum absolute atomic E-state index is 10.8. The molecule has 1 heterocycles. The van der Waals surface area contributed by atoms with Crippen LogP contribution in [0.5, 0.6) is 0 Å². The van der Waals surface area contributed by atoms with Crippen molar-refractivity contribution in [3.05, 3.63) is 23.7 Å². The zero-order valence-electron chi connectivity index (χ0n) is 7.81. The molecule has 0 spiro atoms. The lowest BCUT2D eigenvalue weighted by Crippen LogP contribution is -2.01. The first-order valence-corrected chi connectivity index (χ1v) is 5.64. The fourth-order valence-corrected chi connectivity index (χ4v) is 1.14. The number of ketones is 1. The van der Waals surface area contributed by atoms with Gasteiger partial charge in [-0.2, -0.15) is 8.42 Å². The first kappa shape index (κ1) is 10.9. The number of hydrogen-bond acceptors (Lipinski definition) is 5. The zero-order chi connectivity index (χ0) is 10.8. The predicted octanol–water partition coefficient (Wildman–Crippen LogP) is 0.958. The summed E-state index contributed by atoms with van der Waals surface area (Å²) in [4.78, 5) is 10.8. The normalized spacial score (nSPS) is 11.6. The van der Waals surface area contributed by atoms with Crippen LogP contribution in [0.1, 0.15) is 23.2 Å². The third-order valence-corrected chi connectivity index (χ3v) is 1.97. The Balaban J connectivity index is 2.65. The predicted molar refractivity (Wildman–Crippen MR) is 48.3 cm³/mol. The van der Waals surface area contributed by atoms with E-state index in [1.54, 1.807) is 0 Å². The highest BCUT2D eigenvalue weighted by Gasteiger charge is 2.08. The van der Waals surface area contributed by atoms with Gasteiger partial charge in [0.2, 0.25) is 0 Å². The van der Waals surface area contributed by atoms with E-state index >= 15 is 0 Å². The standard InChI is InChI=1S/C8H10O5S/c1-6(9)8-4-3-7(13-8)5-12-14(2,10)11/h3-4H,5H2,1-2H3. The summed E-state index contributed by atoms with van der Waals surface area (Å²) in [6.07, 6.45) is 0.946. The van der Waals surface area contributed by atoms with Crippen LogP contribution in [0.4, 0.5) is 0 Å². The van der Waals surface area contributed by atoms with Crippen molar-refractivity contribution < 1.29 is 21.8 Å². The Hall–Kier alpha value is -1.14. The Morgan fingerprint density at radius 1 is 1.50 bits per heavy atom. The molecule has 0 saturated heterocycles. The minimum Gasteiger partial charge on any atom is -0.455 e. The molecule has 0 aliphatic carbocycles. The van der Waals surface area contributed by atoms with Crippen LogP contribution in [0, 0.1) is 0 Å². The largest absolute Gasteiger partial charge is 0.455 e. The Morgan fingerprint density at radius 2 is 2.14 bits per heavy atom. The molecule has 78 valence electrons. The Morgan fingerprint density at radius 3 is 2.57 bits per heavy atom. The van der Waals surface area contributed by atoms with Crippen molar-refractivity contribution in [3.63, 3.8) is 0 Å². The molecule has 1 rings (SSSR count). The second-order valence-corrected chi connectivity index (χ2v) is 4.43. The van der Waals surface area contributed by atoms with Crippen molar-refractivity contribution in [1.29, 1.82) is 0 Å². The molecule has 0 aromatic carbocycles. The Labute approximate surface area is 81.8 Å². The number of Topliss-reactive ketones (excluding diaryl/α,β-unsaturated/α-hetero) is 1. The van der Waals surface area contributed by atoms with E-state index < -0.39 is 10.1 Å². The molecule has 0 aliphatic rings. The van der Waals surface area contributed by atoms with E-state index in [1.807, 2.05) is 0 Å². The fourth-order valence-electron chi connectivity index (χ4n) is 0.810. The van der Waals surface area contributed by atoms with Crippen molar-refractivity contribution in [2.45, 2.75) is 13.5 Å². The van der Waals surface area contributed by atoms with Crippen LogP contribution in [0.25, 0.3) is 0 Å². The summed E-state index contributed by atoms with van der Waals surface area (Å²) in [6, 6.07) is 2.98. The van der Waals surface area contributed by atoms with E-state index in [2.05, 4.69) is 4.18 Å². The second-order valence-electron chi connectivity index (χ2n) is 2.79. The molecule has 1 aromatic rings. The van der Waals surface area contributed by atoms with Gasteiger partial charge in [-0.3, -0.25) is 8.98 Å². The van der Waals surface area contributed by atoms with Gasteiger partial charge in [-0.05, 0) is 12.1 Å². The van der Waals surface area contributed by atoms with E-state index in [-0.39, 0.29) is 18.2 Å². The lowest BCUT2D eigenvalue weighted by molar-refractivity contribution is 0.0983. The average Bonchev–Trinajstić information content (AvgIpc) is 2.47. The number of hydrogen-bond donors (Lipinski definition) is 0. The van der Waals surface area contributed by atoms with Gasteiger partial charge in [-0.15, -0.1) is 0 Å². The number of furan rings is 1. The van der Waals surface area contributed by atoms with E-state index in [9.17, 15) is 13.2 Å². The average molecular weight is 218 g/mol. The van der Waals surface area contributed by atoms with Crippen LogP contribution in [0.2, 0.25) is 0 Å². The summed E-state index contributed by atoms with van der Waals surface area (Å²) in [5.41, 5.74) is 0. The molecule has 14 heavy (non-hydrogen) atoms.